The number of aliphatic hydroxyl groups is 1. The quantitative estimate of drug-likeness (QED) is 0.750. The number of nitrogens with zero attached hydrogens (tertiary/aromatic N) is 4. The first-order valence-electron chi connectivity index (χ1n) is 9.25. The van der Waals surface area contributed by atoms with E-state index < -0.39 is 17.2 Å². The molecule has 1 fully saturated rings. The second-order valence-electron chi connectivity index (χ2n) is 7.35. The molecule has 2 aromatic heterocycles. The van der Waals surface area contributed by atoms with Crippen LogP contribution in [0.1, 0.15) is 24.1 Å². The number of anilines is 1. The molecule has 4 rings (SSSR count). The van der Waals surface area contributed by atoms with Gasteiger partial charge in [0.25, 0.3) is 0 Å². The van der Waals surface area contributed by atoms with Gasteiger partial charge < -0.3 is 10.0 Å². The maximum absolute atomic E-state index is 13.6. The van der Waals surface area contributed by atoms with Gasteiger partial charge in [-0.25, -0.2) is 8.78 Å². The van der Waals surface area contributed by atoms with E-state index in [2.05, 4.69) is 15.0 Å². The molecule has 0 unspecified atom stereocenters. The molecule has 0 atom stereocenters. The Labute approximate surface area is 162 Å². The van der Waals surface area contributed by atoms with Gasteiger partial charge in [-0.15, -0.1) is 0 Å². The lowest BCUT2D eigenvalue weighted by molar-refractivity contribution is 0.0114. The summed E-state index contributed by atoms with van der Waals surface area (Å²) in [6.45, 7) is 3.16. The van der Waals surface area contributed by atoms with Crippen molar-refractivity contribution in [3.05, 3.63) is 65.6 Å². The van der Waals surface area contributed by atoms with Crippen molar-refractivity contribution in [2.24, 2.45) is 7.05 Å². The lowest BCUT2D eigenvalue weighted by Gasteiger charge is -2.39. The van der Waals surface area contributed by atoms with Crippen LogP contribution in [-0.4, -0.2) is 33.0 Å². The van der Waals surface area contributed by atoms with Crippen molar-refractivity contribution in [1.29, 1.82) is 0 Å². The van der Waals surface area contributed by atoms with Crippen molar-refractivity contribution < 1.29 is 13.9 Å². The highest BCUT2D eigenvalue weighted by atomic mass is 19.2. The highest BCUT2D eigenvalue weighted by Crippen LogP contribution is 2.35. The first-order chi connectivity index (χ1) is 13.4. The van der Waals surface area contributed by atoms with Gasteiger partial charge in [0.05, 0.1) is 17.0 Å². The van der Waals surface area contributed by atoms with Gasteiger partial charge >= 0.3 is 0 Å². The summed E-state index contributed by atoms with van der Waals surface area (Å²) in [7, 11) is 1.88. The summed E-state index contributed by atoms with van der Waals surface area (Å²) in [5.74, 6) is -1.83. The lowest BCUT2D eigenvalue weighted by Crippen LogP contribution is -2.42. The Morgan fingerprint density at radius 1 is 1.07 bits per heavy atom. The summed E-state index contributed by atoms with van der Waals surface area (Å²) in [5.41, 5.74) is 3.04. The average Bonchev–Trinajstić information content (AvgIpc) is 3.03. The summed E-state index contributed by atoms with van der Waals surface area (Å²) >= 11 is 0. The number of aryl methyl sites for hydroxylation is 2. The van der Waals surface area contributed by atoms with E-state index >= 15 is 0 Å². The maximum atomic E-state index is 13.6. The molecule has 28 heavy (non-hydrogen) atoms. The molecular weight excluding hydrogens is 362 g/mol. The van der Waals surface area contributed by atoms with E-state index in [9.17, 15) is 13.9 Å². The third-order valence-electron chi connectivity index (χ3n) is 5.45. The largest absolute Gasteiger partial charge is 0.385 e. The summed E-state index contributed by atoms with van der Waals surface area (Å²) in [6, 6.07) is 7.59. The lowest BCUT2D eigenvalue weighted by atomic mass is 9.84. The number of hydrogen-bond acceptors (Lipinski definition) is 4. The number of aromatic nitrogens is 3. The zero-order chi connectivity index (χ0) is 19.9. The molecule has 0 amide bonds. The number of benzene rings is 1. The van der Waals surface area contributed by atoms with Gasteiger partial charge in [-0.1, -0.05) is 6.07 Å². The highest BCUT2D eigenvalue weighted by molar-refractivity contribution is 5.66. The Balaban J connectivity index is 1.53. The molecule has 0 spiro atoms. The van der Waals surface area contributed by atoms with Crippen molar-refractivity contribution in [3.63, 3.8) is 0 Å². The Morgan fingerprint density at radius 3 is 2.46 bits per heavy atom. The first kappa shape index (κ1) is 18.6. The van der Waals surface area contributed by atoms with Crippen LogP contribution in [0.15, 0.2) is 42.7 Å². The molecule has 146 valence electrons. The maximum Gasteiger partial charge on any atom is 0.159 e. The molecule has 7 heteroatoms. The standard InChI is InChI=1S/C21H22F2N4O/c1-14-17(13-26(2)25-14)20-12-16(5-8-24-20)27-9-6-21(28,7-10-27)15-3-4-18(22)19(23)11-15/h3-5,8,11-13,28H,6-7,9-10H2,1-2H3. The SMILES string of the molecule is Cc1nn(C)cc1-c1cc(N2CCC(O)(c3ccc(F)c(F)c3)CC2)ccn1. The fourth-order valence-corrected chi connectivity index (χ4v) is 3.82. The predicted molar refractivity (Wildman–Crippen MR) is 103 cm³/mol. The first-order valence-corrected chi connectivity index (χ1v) is 9.25. The van der Waals surface area contributed by atoms with E-state index in [1.54, 1.807) is 10.9 Å². The molecule has 1 aromatic carbocycles. The zero-order valence-corrected chi connectivity index (χ0v) is 15.9. The van der Waals surface area contributed by atoms with E-state index in [-0.39, 0.29) is 0 Å². The minimum Gasteiger partial charge on any atom is -0.385 e. The minimum absolute atomic E-state index is 0.424. The number of piperidine rings is 1. The molecule has 1 aliphatic heterocycles. The number of pyridine rings is 1. The predicted octanol–water partition coefficient (Wildman–Crippen LogP) is 3.56. The van der Waals surface area contributed by atoms with Crippen molar-refractivity contribution in [2.45, 2.75) is 25.4 Å². The Bertz CT molecular complexity index is 1010. The van der Waals surface area contributed by atoms with Gasteiger partial charge in [-0.05, 0) is 49.6 Å². The molecule has 0 aliphatic carbocycles. The topological polar surface area (TPSA) is 54.2 Å². The van der Waals surface area contributed by atoms with Crippen molar-refractivity contribution in [2.75, 3.05) is 18.0 Å². The molecule has 1 aliphatic rings. The van der Waals surface area contributed by atoms with Crippen LogP contribution in [0.3, 0.4) is 0 Å². The smallest absolute Gasteiger partial charge is 0.159 e. The summed E-state index contributed by atoms with van der Waals surface area (Å²) < 4.78 is 28.5. The number of hydrogen-bond donors (Lipinski definition) is 1. The van der Waals surface area contributed by atoms with Crippen molar-refractivity contribution >= 4 is 5.69 Å². The third kappa shape index (κ3) is 3.38. The second-order valence-corrected chi connectivity index (χ2v) is 7.35. The third-order valence-corrected chi connectivity index (χ3v) is 5.45. The molecule has 1 N–H and O–H groups in total. The Morgan fingerprint density at radius 2 is 1.82 bits per heavy atom. The average molecular weight is 384 g/mol. The van der Waals surface area contributed by atoms with Crippen LogP contribution in [0.25, 0.3) is 11.3 Å². The monoisotopic (exact) mass is 384 g/mol. The van der Waals surface area contributed by atoms with Crippen LogP contribution >= 0.6 is 0 Å². The molecular formula is C21H22F2N4O. The number of halogens is 2. The Hall–Kier alpha value is -2.80. The van der Waals surface area contributed by atoms with Crippen LogP contribution < -0.4 is 4.90 Å². The van der Waals surface area contributed by atoms with Gasteiger partial charge in [0.2, 0.25) is 0 Å². The molecule has 5 nitrogen and oxygen atoms in total. The van der Waals surface area contributed by atoms with E-state index in [1.165, 1.54) is 6.07 Å². The molecule has 0 radical (unpaired) electrons. The van der Waals surface area contributed by atoms with E-state index in [0.717, 1.165) is 34.8 Å². The minimum atomic E-state index is -1.15. The Kier molecular flexibility index (Phi) is 4.63. The fourth-order valence-electron chi connectivity index (χ4n) is 3.82. The van der Waals surface area contributed by atoms with Crippen molar-refractivity contribution in [1.82, 2.24) is 14.8 Å². The molecule has 1 saturated heterocycles. The van der Waals surface area contributed by atoms with Gasteiger partial charge in [-0.3, -0.25) is 9.67 Å². The van der Waals surface area contributed by atoms with E-state index in [0.29, 0.717) is 31.5 Å². The molecule has 0 saturated carbocycles. The normalized spacial score (nSPS) is 16.4. The fraction of sp³-hybridized carbons (Fsp3) is 0.333. The van der Waals surface area contributed by atoms with E-state index in [4.69, 9.17) is 0 Å². The second kappa shape index (κ2) is 6.98. The van der Waals surface area contributed by atoms with E-state index in [1.807, 2.05) is 32.3 Å². The molecule has 3 aromatic rings. The van der Waals surface area contributed by atoms with Gasteiger partial charge in [0.1, 0.15) is 0 Å². The summed E-state index contributed by atoms with van der Waals surface area (Å²) in [4.78, 5) is 6.64. The van der Waals surface area contributed by atoms with Gasteiger partial charge in [0, 0.05) is 43.8 Å². The van der Waals surface area contributed by atoms with Gasteiger partial charge in [0.15, 0.2) is 11.6 Å². The summed E-state index contributed by atoms with van der Waals surface area (Å²) in [5, 5.41) is 15.3. The zero-order valence-electron chi connectivity index (χ0n) is 15.9. The van der Waals surface area contributed by atoms with Crippen LogP contribution in [0, 0.1) is 18.6 Å². The summed E-state index contributed by atoms with van der Waals surface area (Å²) in [6.07, 6.45) is 4.58. The van der Waals surface area contributed by atoms with Crippen LogP contribution in [0.4, 0.5) is 14.5 Å². The van der Waals surface area contributed by atoms with Crippen LogP contribution in [-0.2, 0) is 12.6 Å². The van der Waals surface area contributed by atoms with Crippen LogP contribution in [0.5, 0.6) is 0 Å². The van der Waals surface area contributed by atoms with Crippen molar-refractivity contribution in [3.8, 4) is 11.3 Å². The number of rotatable bonds is 3. The van der Waals surface area contributed by atoms with Crippen LogP contribution in [0.2, 0.25) is 0 Å². The molecule has 0 bridgehead atoms. The molecule has 3 heterocycles. The highest BCUT2D eigenvalue weighted by Gasteiger charge is 2.34. The van der Waals surface area contributed by atoms with Gasteiger partial charge in [-0.2, -0.15) is 5.10 Å².